The molecule has 3 radical (unpaired) electrons. The Morgan fingerprint density at radius 2 is 1.68 bits per heavy atom. The van der Waals surface area contributed by atoms with E-state index in [1.165, 1.54) is 0 Å². The van der Waals surface area contributed by atoms with E-state index in [1.807, 2.05) is 18.2 Å². The van der Waals surface area contributed by atoms with Gasteiger partial charge in [-0.2, -0.15) is 0 Å². The van der Waals surface area contributed by atoms with Crippen molar-refractivity contribution in [3.8, 4) is 5.75 Å². The average Bonchev–Trinajstić information content (AvgIpc) is 2.40. The van der Waals surface area contributed by atoms with Crippen molar-refractivity contribution in [2.24, 2.45) is 0 Å². The topological polar surface area (TPSA) is 35.5 Å². The molecule has 1 aromatic carbocycles. The summed E-state index contributed by atoms with van der Waals surface area (Å²) in [7, 11) is 0. The van der Waals surface area contributed by atoms with Crippen LogP contribution in [0.5, 0.6) is 5.75 Å². The molecule has 0 N–H and O–H groups in total. The summed E-state index contributed by atoms with van der Waals surface area (Å²) in [5, 5.41) is 0. The molecule has 0 fully saturated rings. The first-order valence-electron chi connectivity index (χ1n) is 6.68. The summed E-state index contributed by atoms with van der Waals surface area (Å²) in [4.78, 5) is 11.9. The Labute approximate surface area is 126 Å². The van der Waals surface area contributed by atoms with E-state index in [4.69, 9.17) is 9.47 Å². The third-order valence-electron chi connectivity index (χ3n) is 2.59. The molecular formula is C15H22AlO3. The average molecular weight is 277 g/mol. The first-order valence-corrected chi connectivity index (χ1v) is 6.68. The lowest BCUT2D eigenvalue weighted by Crippen LogP contribution is -2.09. The number of hydrogen-bond acceptors (Lipinski definition) is 3. The highest BCUT2D eigenvalue weighted by molar-refractivity contribution is 5.92. The van der Waals surface area contributed by atoms with E-state index in [9.17, 15) is 4.79 Å². The standard InChI is InChI=1S/C15H22O3.Al/c1-3-5-11-17-14-10-8-7-9-13(14)15(16)18-12-6-4-2;/h7-10H,3-6,11-12H2,1-2H3;. The van der Waals surface area contributed by atoms with E-state index in [1.54, 1.807) is 6.07 Å². The minimum atomic E-state index is -0.296. The van der Waals surface area contributed by atoms with Gasteiger partial charge in [0.05, 0.1) is 13.2 Å². The molecule has 19 heavy (non-hydrogen) atoms. The highest BCUT2D eigenvalue weighted by Gasteiger charge is 2.12. The molecule has 0 spiro atoms. The van der Waals surface area contributed by atoms with E-state index in [0.29, 0.717) is 24.5 Å². The Hall–Kier alpha value is -0.978. The Bertz CT molecular complexity index is 366. The fraction of sp³-hybridized carbons (Fsp3) is 0.533. The van der Waals surface area contributed by atoms with Gasteiger partial charge in [0.15, 0.2) is 0 Å². The number of unbranched alkanes of at least 4 members (excludes halogenated alkanes) is 2. The second kappa shape index (κ2) is 10.9. The zero-order chi connectivity index (χ0) is 13.2. The lowest BCUT2D eigenvalue weighted by molar-refractivity contribution is 0.0495. The van der Waals surface area contributed by atoms with Gasteiger partial charge in [0.1, 0.15) is 11.3 Å². The molecule has 0 amide bonds. The quantitative estimate of drug-likeness (QED) is 0.415. The Kier molecular flexibility index (Phi) is 10.3. The van der Waals surface area contributed by atoms with Crippen LogP contribution in [0, 0.1) is 0 Å². The van der Waals surface area contributed by atoms with Crippen molar-refractivity contribution in [2.45, 2.75) is 39.5 Å². The van der Waals surface area contributed by atoms with Crippen LogP contribution in [0.3, 0.4) is 0 Å². The van der Waals surface area contributed by atoms with Gasteiger partial charge in [0, 0.05) is 17.4 Å². The lowest BCUT2D eigenvalue weighted by atomic mass is 10.2. The third-order valence-corrected chi connectivity index (χ3v) is 2.59. The van der Waals surface area contributed by atoms with Crippen LogP contribution in [0.1, 0.15) is 49.9 Å². The maximum absolute atomic E-state index is 11.9. The van der Waals surface area contributed by atoms with Crippen LogP contribution < -0.4 is 4.74 Å². The molecule has 0 saturated heterocycles. The van der Waals surface area contributed by atoms with Crippen molar-refractivity contribution in [1.82, 2.24) is 0 Å². The molecule has 1 aromatic rings. The Morgan fingerprint density at radius 1 is 1.05 bits per heavy atom. The molecule has 0 aliphatic rings. The largest absolute Gasteiger partial charge is 0.493 e. The fourth-order valence-electron chi connectivity index (χ4n) is 1.47. The molecule has 0 aliphatic heterocycles. The van der Waals surface area contributed by atoms with Crippen LogP contribution in [0.15, 0.2) is 24.3 Å². The zero-order valence-electron chi connectivity index (χ0n) is 11.9. The second-order valence-electron chi connectivity index (χ2n) is 4.19. The molecule has 0 aliphatic carbocycles. The minimum absolute atomic E-state index is 0. The van der Waals surface area contributed by atoms with Crippen LogP contribution in [0.25, 0.3) is 0 Å². The molecular weight excluding hydrogens is 255 g/mol. The van der Waals surface area contributed by atoms with E-state index in [2.05, 4.69) is 13.8 Å². The fourth-order valence-corrected chi connectivity index (χ4v) is 1.47. The number of carbonyl (C=O) groups excluding carboxylic acids is 1. The molecule has 1 rings (SSSR count). The second-order valence-corrected chi connectivity index (χ2v) is 4.19. The summed E-state index contributed by atoms with van der Waals surface area (Å²) in [5.41, 5.74) is 0.518. The summed E-state index contributed by atoms with van der Waals surface area (Å²) < 4.78 is 10.8. The van der Waals surface area contributed by atoms with Crippen molar-refractivity contribution < 1.29 is 14.3 Å². The normalized spacial score (nSPS) is 9.58. The van der Waals surface area contributed by atoms with Gasteiger partial charge >= 0.3 is 5.97 Å². The van der Waals surface area contributed by atoms with Crippen molar-refractivity contribution >= 4 is 23.3 Å². The molecule has 0 aromatic heterocycles. The van der Waals surface area contributed by atoms with E-state index in [-0.39, 0.29) is 23.3 Å². The van der Waals surface area contributed by atoms with Crippen LogP contribution in [-0.4, -0.2) is 36.5 Å². The van der Waals surface area contributed by atoms with Crippen molar-refractivity contribution in [2.75, 3.05) is 13.2 Å². The summed E-state index contributed by atoms with van der Waals surface area (Å²) >= 11 is 0. The van der Waals surface area contributed by atoms with Crippen LogP contribution in [-0.2, 0) is 4.74 Å². The molecule has 3 nitrogen and oxygen atoms in total. The number of rotatable bonds is 8. The lowest BCUT2D eigenvalue weighted by Gasteiger charge is -2.10. The molecule has 103 valence electrons. The van der Waals surface area contributed by atoms with E-state index >= 15 is 0 Å². The van der Waals surface area contributed by atoms with Crippen molar-refractivity contribution in [1.29, 1.82) is 0 Å². The van der Waals surface area contributed by atoms with Crippen LogP contribution in [0.2, 0.25) is 0 Å². The number of para-hydroxylation sites is 1. The third kappa shape index (κ3) is 6.66. The molecule has 0 atom stereocenters. The van der Waals surface area contributed by atoms with Gasteiger partial charge in [-0.05, 0) is 25.0 Å². The smallest absolute Gasteiger partial charge is 0.341 e. The first kappa shape index (κ1) is 18.0. The van der Waals surface area contributed by atoms with Crippen molar-refractivity contribution in [3.63, 3.8) is 0 Å². The van der Waals surface area contributed by atoms with Gasteiger partial charge in [-0.25, -0.2) is 4.79 Å². The van der Waals surface area contributed by atoms with Crippen LogP contribution >= 0.6 is 0 Å². The minimum Gasteiger partial charge on any atom is -0.493 e. The molecule has 0 bridgehead atoms. The first-order chi connectivity index (χ1) is 8.79. The van der Waals surface area contributed by atoms with Crippen LogP contribution in [0.4, 0.5) is 0 Å². The Morgan fingerprint density at radius 3 is 2.37 bits per heavy atom. The molecule has 0 heterocycles. The van der Waals surface area contributed by atoms with E-state index in [0.717, 1.165) is 25.7 Å². The van der Waals surface area contributed by atoms with E-state index < -0.39 is 0 Å². The predicted octanol–water partition coefficient (Wildman–Crippen LogP) is 3.44. The Balaban J connectivity index is 0.00000324. The summed E-state index contributed by atoms with van der Waals surface area (Å²) in [6.07, 6.45) is 3.97. The molecule has 0 saturated carbocycles. The van der Waals surface area contributed by atoms with Gasteiger partial charge in [0.25, 0.3) is 0 Å². The number of carbonyl (C=O) groups is 1. The number of benzene rings is 1. The summed E-state index contributed by atoms with van der Waals surface area (Å²) in [6.45, 7) is 5.28. The number of ether oxygens (including phenoxy) is 2. The highest BCUT2D eigenvalue weighted by atomic mass is 27.0. The summed E-state index contributed by atoms with van der Waals surface area (Å²) in [6, 6.07) is 7.24. The van der Waals surface area contributed by atoms with Gasteiger partial charge in [-0.3, -0.25) is 0 Å². The van der Waals surface area contributed by atoms with Gasteiger partial charge < -0.3 is 9.47 Å². The van der Waals surface area contributed by atoms with Crippen molar-refractivity contribution in [3.05, 3.63) is 29.8 Å². The van der Waals surface area contributed by atoms with Gasteiger partial charge in [-0.1, -0.05) is 38.8 Å². The monoisotopic (exact) mass is 277 g/mol. The predicted molar refractivity (Wildman–Crippen MR) is 77.8 cm³/mol. The maximum Gasteiger partial charge on any atom is 0.341 e. The molecule has 4 heteroatoms. The molecule has 0 unspecified atom stereocenters. The van der Waals surface area contributed by atoms with Gasteiger partial charge in [-0.15, -0.1) is 0 Å². The maximum atomic E-state index is 11.9. The number of hydrogen-bond donors (Lipinski definition) is 0. The summed E-state index contributed by atoms with van der Waals surface area (Å²) in [5.74, 6) is 0.322. The SMILES string of the molecule is CCCCOC(=O)c1ccccc1OCCCC.[Al]. The number of esters is 1. The highest BCUT2D eigenvalue weighted by Crippen LogP contribution is 2.19. The van der Waals surface area contributed by atoms with Gasteiger partial charge in [0.2, 0.25) is 0 Å². The zero-order valence-corrected chi connectivity index (χ0v) is 13.0.